The first-order valence-corrected chi connectivity index (χ1v) is 7.00. The maximum absolute atomic E-state index is 10.9. The van der Waals surface area contributed by atoms with Gasteiger partial charge in [-0.1, -0.05) is 30.3 Å². The number of aromatic nitrogens is 1. The summed E-state index contributed by atoms with van der Waals surface area (Å²) in [5.74, 6) is 0.513. The van der Waals surface area contributed by atoms with Gasteiger partial charge in [-0.25, -0.2) is 4.98 Å². The number of rotatable bonds is 5. The third kappa shape index (κ3) is 4.31. The van der Waals surface area contributed by atoms with Crippen LogP contribution in [0.3, 0.4) is 0 Å². The lowest BCUT2D eigenvalue weighted by Gasteiger charge is -2.14. The zero-order valence-electron chi connectivity index (χ0n) is 12.6. The van der Waals surface area contributed by atoms with Crippen molar-refractivity contribution in [3.05, 3.63) is 48.2 Å². The van der Waals surface area contributed by atoms with Gasteiger partial charge in [0.15, 0.2) is 0 Å². The minimum absolute atomic E-state index is 0.182. The predicted octanol–water partition coefficient (Wildman–Crippen LogP) is 3.42. The molecule has 0 radical (unpaired) electrons. The summed E-state index contributed by atoms with van der Waals surface area (Å²) in [6, 6.07) is 14.2. The molecule has 1 unspecified atom stereocenters. The minimum Gasteiger partial charge on any atom is -0.461 e. The Morgan fingerprint density at radius 2 is 1.95 bits per heavy atom. The van der Waals surface area contributed by atoms with Crippen molar-refractivity contribution in [2.75, 3.05) is 11.9 Å². The lowest BCUT2D eigenvalue weighted by molar-refractivity contribution is -0.144. The standard InChI is InChI=1S/C17H20N2O2/c1-12(21-14(3)20)11-18-17-10-9-16(13(2)19-17)15-7-5-4-6-8-15/h4-10,12H,11H2,1-3H3,(H,18,19). The number of ether oxygens (including phenoxy) is 1. The van der Waals surface area contributed by atoms with Gasteiger partial charge in [-0.3, -0.25) is 4.79 Å². The molecular weight excluding hydrogens is 264 g/mol. The Morgan fingerprint density at radius 3 is 2.57 bits per heavy atom. The molecule has 1 N–H and O–H groups in total. The summed E-state index contributed by atoms with van der Waals surface area (Å²) in [6.45, 7) is 5.78. The fourth-order valence-electron chi connectivity index (χ4n) is 2.16. The van der Waals surface area contributed by atoms with Gasteiger partial charge in [0.25, 0.3) is 0 Å². The second kappa shape index (κ2) is 6.88. The molecular formula is C17H20N2O2. The Hall–Kier alpha value is -2.36. The highest BCUT2D eigenvalue weighted by Crippen LogP contribution is 2.23. The lowest BCUT2D eigenvalue weighted by atomic mass is 10.0. The summed E-state index contributed by atoms with van der Waals surface area (Å²) in [4.78, 5) is 15.4. The monoisotopic (exact) mass is 284 g/mol. The highest BCUT2D eigenvalue weighted by molar-refractivity contribution is 5.67. The number of benzene rings is 1. The summed E-state index contributed by atoms with van der Waals surface area (Å²) in [5, 5.41) is 3.18. The van der Waals surface area contributed by atoms with Crippen LogP contribution in [0, 0.1) is 6.92 Å². The zero-order valence-corrected chi connectivity index (χ0v) is 12.6. The quantitative estimate of drug-likeness (QED) is 0.855. The zero-order chi connectivity index (χ0) is 15.2. The average Bonchev–Trinajstić information content (AvgIpc) is 2.45. The second-order valence-corrected chi connectivity index (χ2v) is 5.00. The van der Waals surface area contributed by atoms with E-state index in [0.717, 1.165) is 22.6 Å². The van der Waals surface area contributed by atoms with Gasteiger partial charge in [0.05, 0.1) is 6.54 Å². The van der Waals surface area contributed by atoms with Gasteiger partial charge in [-0.05, 0) is 31.5 Å². The van der Waals surface area contributed by atoms with E-state index in [4.69, 9.17) is 4.74 Å². The first kappa shape index (κ1) is 15.0. The molecule has 0 saturated carbocycles. The van der Waals surface area contributed by atoms with Crippen molar-refractivity contribution in [1.82, 2.24) is 4.98 Å². The van der Waals surface area contributed by atoms with E-state index in [9.17, 15) is 4.79 Å². The number of hydrogen-bond donors (Lipinski definition) is 1. The van der Waals surface area contributed by atoms with Gasteiger partial charge in [-0.2, -0.15) is 0 Å². The van der Waals surface area contributed by atoms with E-state index in [-0.39, 0.29) is 12.1 Å². The first-order chi connectivity index (χ1) is 10.1. The molecule has 2 aromatic rings. The maximum atomic E-state index is 10.9. The molecule has 2 rings (SSSR count). The van der Waals surface area contributed by atoms with E-state index in [1.165, 1.54) is 6.92 Å². The van der Waals surface area contributed by atoms with E-state index in [0.29, 0.717) is 6.54 Å². The molecule has 0 aliphatic rings. The molecule has 4 nitrogen and oxygen atoms in total. The van der Waals surface area contributed by atoms with Crippen LogP contribution in [0.2, 0.25) is 0 Å². The number of esters is 1. The van der Waals surface area contributed by atoms with Crippen molar-refractivity contribution in [3.63, 3.8) is 0 Å². The van der Waals surface area contributed by atoms with Gasteiger partial charge >= 0.3 is 5.97 Å². The average molecular weight is 284 g/mol. The molecule has 0 saturated heterocycles. The number of aryl methyl sites for hydroxylation is 1. The third-order valence-corrected chi connectivity index (χ3v) is 3.11. The first-order valence-electron chi connectivity index (χ1n) is 7.00. The summed E-state index contributed by atoms with van der Waals surface area (Å²) in [5.41, 5.74) is 3.24. The maximum Gasteiger partial charge on any atom is 0.302 e. The molecule has 0 aliphatic carbocycles. The Balaban J connectivity index is 2.04. The van der Waals surface area contributed by atoms with Crippen molar-refractivity contribution < 1.29 is 9.53 Å². The van der Waals surface area contributed by atoms with Crippen LogP contribution in [0.1, 0.15) is 19.5 Å². The van der Waals surface area contributed by atoms with Crippen molar-refractivity contribution in [1.29, 1.82) is 0 Å². The summed E-state index contributed by atoms with van der Waals surface area (Å²) in [7, 11) is 0. The lowest BCUT2D eigenvalue weighted by Crippen LogP contribution is -2.22. The molecule has 0 bridgehead atoms. The Bertz CT molecular complexity index is 611. The van der Waals surface area contributed by atoms with Crippen LogP contribution in [-0.4, -0.2) is 23.6 Å². The van der Waals surface area contributed by atoms with Crippen molar-refractivity contribution in [2.45, 2.75) is 26.9 Å². The molecule has 1 aromatic carbocycles. The number of pyridine rings is 1. The second-order valence-electron chi connectivity index (χ2n) is 5.00. The van der Waals surface area contributed by atoms with Gasteiger partial charge in [0.2, 0.25) is 0 Å². The van der Waals surface area contributed by atoms with Crippen molar-refractivity contribution >= 4 is 11.8 Å². The number of carbonyl (C=O) groups is 1. The number of nitrogens with one attached hydrogen (secondary N) is 1. The van der Waals surface area contributed by atoms with Gasteiger partial charge in [-0.15, -0.1) is 0 Å². The van der Waals surface area contributed by atoms with Crippen LogP contribution in [0.4, 0.5) is 5.82 Å². The fraction of sp³-hybridized carbons (Fsp3) is 0.294. The molecule has 0 spiro atoms. The van der Waals surface area contributed by atoms with Crippen LogP contribution in [0.5, 0.6) is 0 Å². The molecule has 0 amide bonds. The summed E-state index contributed by atoms with van der Waals surface area (Å²) >= 11 is 0. The normalized spacial score (nSPS) is 11.8. The van der Waals surface area contributed by atoms with Crippen LogP contribution in [0.25, 0.3) is 11.1 Å². The highest BCUT2D eigenvalue weighted by Gasteiger charge is 2.07. The molecule has 110 valence electrons. The number of anilines is 1. The molecule has 1 heterocycles. The van der Waals surface area contributed by atoms with Crippen molar-refractivity contribution in [2.24, 2.45) is 0 Å². The van der Waals surface area contributed by atoms with Crippen LogP contribution < -0.4 is 5.32 Å². The van der Waals surface area contributed by atoms with E-state index < -0.39 is 0 Å². The Labute approximate surface area is 125 Å². The van der Waals surface area contributed by atoms with Crippen LogP contribution in [-0.2, 0) is 9.53 Å². The molecule has 21 heavy (non-hydrogen) atoms. The van der Waals surface area contributed by atoms with Crippen LogP contribution >= 0.6 is 0 Å². The van der Waals surface area contributed by atoms with Gasteiger partial charge in [0, 0.05) is 18.2 Å². The van der Waals surface area contributed by atoms with Gasteiger partial charge < -0.3 is 10.1 Å². The molecule has 0 fully saturated rings. The minimum atomic E-state index is -0.270. The largest absolute Gasteiger partial charge is 0.461 e. The number of nitrogens with zero attached hydrogens (tertiary/aromatic N) is 1. The Kier molecular flexibility index (Phi) is 4.93. The SMILES string of the molecule is CC(=O)OC(C)CNc1ccc(-c2ccccc2)c(C)n1. The molecule has 1 atom stereocenters. The smallest absolute Gasteiger partial charge is 0.302 e. The summed E-state index contributed by atoms with van der Waals surface area (Å²) < 4.78 is 5.07. The van der Waals surface area contributed by atoms with E-state index in [1.807, 2.05) is 38.1 Å². The molecule has 0 aliphatic heterocycles. The number of hydrogen-bond acceptors (Lipinski definition) is 4. The van der Waals surface area contributed by atoms with Crippen molar-refractivity contribution in [3.8, 4) is 11.1 Å². The fourth-order valence-corrected chi connectivity index (χ4v) is 2.16. The number of carbonyl (C=O) groups excluding carboxylic acids is 1. The van der Waals surface area contributed by atoms with Gasteiger partial charge in [0.1, 0.15) is 11.9 Å². The Morgan fingerprint density at radius 1 is 1.24 bits per heavy atom. The van der Waals surface area contributed by atoms with E-state index >= 15 is 0 Å². The predicted molar refractivity (Wildman–Crippen MR) is 84.1 cm³/mol. The van der Waals surface area contributed by atoms with E-state index in [1.54, 1.807) is 0 Å². The van der Waals surface area contributed by atoms with E-state index in [2.05, 4.69) is 28.5 Å². The topological polar surface area (TPSA) is 51.2 Å². The third-order valence-electron chi connectivity index (χ3n) is 3.11. The molecule has 1 aromatic heterocycles. The van der Waals surface area contributed by atoms with Crippen LogP contribution in [0.15, 0.2) is 42.5 Å². The highest BCUT2D eigenvalue weighted by atomic mass is 16.5. The summed E-state index contributed by atoms with van der Waals surface area (Å²) in [6.07, 6.45) is -0.182. The molecule has 4 heteroatoms.